The molecule has 4 aromatic rings. The lowest BCUT2D eigenvalue weighted by Crippen LogP contribution is -2.34. The fraction of sp³-hybridized carbons (Fsp3) is 0.333. The number of fused-ring (bicyclic) bond motifs is 2. The van der Waals surface area contributed by atoms with Gasteiger partial charge in [-0.1, -0.05) is 5.11 Å². The Bertz CT molecular complexity index is 3760. The van der Waals surface area contributed by atoms with Crippen LogP contribution in [0.15, 0.2) is 91.0 Å². The third-order valence-corrected chi connectivity index (χ3v) is 15.9. The van der Waals surface area contributed by atoms with Crippen molar-refractivity contribution in [2.45, 2.75) is 65.7 Å². The first-order chi connectivity index (χ1) is 38.3. The Morgan fingerprint density at radius 3 is 2.38 bits per heavy atom. The highest BCUT2D eigenvalue weighted by atomic mass is 31.3. The number of benzene rings is 4. The number of hydrogen-bond acceptors (Lipinski definition) is 20. The molecule has 1 aliphatic carbocycles. The average Bonchev–Trinajstić information content (AvgIpc) is 3.83. The lowest BCUT2D eigenvalue weighted by atomic mass is 9.88. The van der Waals surface area contributed by atoms with Crippen LogP contribution in [0.4, 0.5) is 5.69 Å². The Morgan fingerprint density at radius 2 is 1.69 bits per heavy atom. The summed E-state index contributed by atoms with van der Waals surface area (Å²) in [7, 11) is -17.1. The minimum Gasteiger partial charge on any atom is -0.492 e. The Kier molecular flexibility index (Phi) is 19.7. The second kappa shape index (κ2) is 26.0. The SMILES string of the molecule is CCN=c1cc2oc3cc(NCC)c(C)cc3c(-c3cc(C(=O)NCCOc4ccc(C(=O)OCc5cn([C@H]6CC(OCN)[C@@H](COP(=O)(O)OP(=O)(O)OP(=O)(O)O)O6)c(=O)[nH]c5=O)c(CN=[N+]=[N-])c4)ccc3C(=O)O)c-2cc1C. The standard InChI is InChI=1S/C48H54N9O21P3/c1-5-51-36-17-38-34(13-25(36)3)43(35-14-26(4)37(52-6-2)18-39(35)75-38)33-16-27(7-9-32(33)46(60)61)44(58)53-11-12-71-30-8-10-31(28(15-30)20-54-56-50)47(62)72-22-29-21-57(48(63)55-45(29)59)42-19-40(73-24-49)41(76-42)23-74-80(67,68)78-81(69,70)77-79(64,65)66/h7-10,13-18,21,40-42,51H,5-6,11-12,19-20,22-24,49H2,1-4H3,(H,53,58)(H,60,61)(H,67,68)(H,69,70)(H,55,59,63)(H2,64,65,66)/t40?,41-,42-/m1/s1. The number of anilines is 1. The van der Waals surface area contributed by atoms with Gasteiger partial charge in [-0.25, -0.2) is 28.1 Å². The van der Waals surface area contributed by atoms with Crippen LogP contribution in [0.3, 0.4) is 0 Å². The highest BCUT2D eigenvalue weighted by molar-refractivity contribution is 7.66. The summed E-state index contributed by atoms with van der Waals surface area (Å²) in [6.45, 7) is 6.19. The summed E-state index contributed by atoms with van der Waals surface area (Å²) in [5.41, 5.74) is 16.9. The number of carbonyl (C=O) groups excluding carboxylic acids is 2. The number of nitrogens with two attached hydrogens (primary N) is 1. The molecule has 1 saturated heterocycles. The van der Waals surface area contributed by atoms with Crippen LogP contribution in [-0.4, -0.2) is 104 Å². The van der Waals surface area contributed by atoms with E-state index in [1.807, 2.05) is 52.0 Å². The van der Waals surface area contributed by atoms with Gasteiger partial charge in [-0.3, -0.25) is 28.7 Å². The number of carboxylic acids is 1. The van der Waals surface area contributed by atoms with Crippen molar-refractivity contribution in [1.82, 2.24) is 14.9 Å². The number of azide groups is 1. The van der Waals surface area contributed by atoms with Crippen molar-refractivity contribution in [3.8, 4) is 28.2 Å². The molecule has 3 aromatic carbocycles. The predicted octanol–water partition coefficient (Wildman–Crippen LogP) is 5.63. The molecule has 81 heavy (non-hydrogen) atoms. The Hall–Kier alpha value is -7.36. The van der Waals surface area contributed by atoms with Gasteiger partial charge < -0.3 is 64.4 Å². The fourth-order valence-electron chi connectivity index (χ4n) is 8.67. The van der Waals surface area contributed by atoms with E-state index in [4.69, 9.17) is 44.4 Å². The van der Waals surface area contributed by atoms with Crippen LogP contribution in [-0.2, 0) is 54.2 Å². The molecule has 3 aliphatic rings. The maximum atomic E-state index is 13.8. The van der Waals surface area contributed by atoms with Crippen LogP contribution in [0.5, 0.6) is 5.75 Å². The molecule has 7 rings (SSSR count). The Labute approximate surface area is 457 Å². The van der Waals surface area contributed by atoms with E-state index in [1.165, 1.54) is 36.4 Å². The first-order valence-electron chi connectivity index (χ1n) is 24.3. The van der Waals surface area contributed by atoms with E-state index in [1.54, 1.807) is 0 Å². The molecular weight excluding hydrogens is 1130 g/mol. The van der Waals surface area contributed by atoms with E-state index in [9.17, 15) is 52.6 Å². The zero-order valence-corrected chi connectivity index (χ0v) is 46.1. The number of esters is 1. The van der Waals surface area contributed by atoms with Crippen molar-refractivity contribution in [2.24, 2.45) is 15.8 Å². The van der Waals surface area contributed by atoms with Gasteiger partial charge in [0, 0.05) is 70.5 Å². The third kappa shape index (κ3) is 15.4. The van der Waals surface area contributed by atoms with Crippen molar-refractivity contribution in [1.29, 1.82) is 0 Å². The van der Waals surface area contributed by atoms with Gasteiger partial charge in [0.15, 0.2) is 0 Å². The number of amides is 1. The monoisotopic (exact) mass is 1190 g/mol. The van der Waals surface area contributed by atoms with Crippen LogP contribution >= 0.6 is 23.5 Å². The Morgan fingerprint density at radius 1 is 0.938 bits per heavy atom. The first-order valence-corrected chi connectivity index (χ1v) is 28.8. The van der Waals surface area contributed by atoms with Crippen LogP contribution in [0.1, 0.15) is 79.8 Å². The molecule has 30 nitrogen and oxygen atoms in total. The molecule has 33 heteroatoms. The normalized spacial score (nSPS) is 17.0. The van der Waals surface area contributed by atoms with E-state index in [0.29, 0.717) is 46.3 Å². The van der Waals surface area contributed by atoms with E-state index < -0.39 is 90.9 Å². The van der Waals surface area contributed by atoms with Gasteiger partial charge in [0.2, 0.25) is 0 Å². The number of aromatic amines is 1. The highest BCUT2D eigenvalue weighted by Gasteiger charge is 2.44. The molecule has 10 N–H and O–H groups in total. The topological polar surface area (TPSA) is 447 Å². The molecule has 3 heterocycles. The molecule has 1 aromatic heterocycles. The number of carboxylic acid groups (broad SMARTS) is 1. The van der Waals surface area contributed by atoms with Gasteiger partial charge in [0.1, 0.15) is 42.6 Å². The molecule has 0 radical (unpaired) electrons. The van der Waals surface area contributed by atoms with Crippen molar-refractivity contribution >= 4 is 58.0 Å². The van der Waals surface area contributed by atoms with Gasteiger partial charge in [-0.2, -0.15) is 8.62 Å². The molecule has 3 unspecified atom stereocenters. The number of H-pyrrole nitrogens is 1. The smallest absolute Gasteiger partial charge is 0.490 e. The summed E-state index contributed by atoms with van der Waals surface area (Å²) in [6, 6.07) is 15.8. The summed E-state index contributed by atoms with van der Waals surface area (Å²) in [4.78, 5) is 112. The van der Waals surface area contributed by atoms with E-state index in [0.717, 1.165) is 27.6 Å². The molecular formula is C48H54N9O21P3. The number of nitrogens with zero attached hydrogens (tertiary/aromatic N) is 5. The number of carbonyl (C=O) groups is 3. The lowest BCUT2D eigenvalue weighted by molar-refractivity contribution is -0.0603. The van der Waals surface area contributed by atoms with E-state index in [2.05, 4.69) is 43.8 Å². The molecule has 0 bridgehead atoms. The molecule has 432 valence electrons. The number of phosphoric ester groups is 1. The molecule has 0 saturated carbocycles. The minimum absolute atomic E-state index is 0.0527. The second-order valence-corrected chi connectivity index (χ2v) is 22.1. The van der Waals surface area contributed by atoms with Crippen LogP contribution in [0.25, 0.3) is 43.9 Å². The van der Waals surface area contributed by atoms with Crippen LogP contribution in [0, 0.1) is 13.8 Å². The van der Waals surface area contributed by atoms with Gasteiger partial charge in [-0.05, 0) is 104 Å². The van der Waals surface area contributed by atoms with E-state index >= 15 is 0 Å². The van der Waals surface area contributed by atoms with Crippen LogP contribution in [0.2, 0.25) is 0 Å². The summed E-state index contributed by atoms with van der Waals surface area (Å²) >= 11 is 0. The zero-order valence-electron chi connectivity index (χ0n) is 43.4. The van der Waals surface area contributed by atoms with Crippen molar-refractivity contribution in [2.75, 3.05) is 44.9 Å². The fourth-order valence-corrected chi connectivity index (χ4v) is 11.7. The van der Waals surface area contributed by atoms with Crippen molar-refractivity contribution in [3.63, 3.8) is 0 Å². The van der Waals surface area contributed by atoms with Gasteiger partial charge >= 0.3 is 41.1 Å². The Balaban J connectivity index is 1.03. The lowest BCUT2D eigenvalue weighted by Gasteiger charge is -2.21. The van der Waals surface area contributed by atoms with Gasteiger partial charge in [-0.15, -0.1) is 0 Å². The number of aromatic carboxylic acids is 1. The molecule has 2 aliphatic heterocycles. The summed E-state index contributed by atoms with van der Waals surface area (Å²) < 4.78 is 76.9. The van der Waals surface area contributed by atoms with Crippen molar-refractivity contribution in [3.05, 3.63) is 142 Å². The van der Waals surface area contributed by atoms with Crippen LogP contribution < -0.4 is 37.7 Å². The molecule has 1 fully saturated rings. The number of nitrogens with one attached hydrogen (secondary N) is 3. The number of hydrogen-bond donors (Lipinski definition) is 9. The summed E-state index contributed by atoms with van der Waals surface area (Å²) in [6.07, 6.45) is -3.01. The summed E-state index contributed by atoms with van der Waals surface area (Å²) in [5, 5.41) is 21.5. The minimum atomic E-state index is -5.85. The van der Waals surface area contributed by atoms with E-state index in [-0.39, 0.29) is 65.2 Å². The number of aromatic nitrogens is 2. The number of aryl methyl sites for hydroxylation is 2. The second-order valence-electron chi connectivity index (χ2n) is 17.7. The first kappa shape index (κ1) is 61.3. The summed E-state index contributed by atoms with van der Waals surface area (Å²) in [5.74, 6) is -2.13. The number of phosphoric acid groups is 3. The number of rotatable bonds is 25. The maximum absolute atomic E-state index is 13.8. The number of ether oxygens (including phenoxy) is 4. The average molecular weight is 1190 g/mol. The van der Waals surface area contributed by atoms with Gasteiger partial charge in [0.05, 0.1) is 54.6 Å². The molecule has 5 atom stereocenters. The largest absolute Gasteiger partial charge is 0.492 e. The molecule has 1 amide bonds. The maximum Gasteiger partial charge on any atom is 0.490 e. The zero-order chi connectivity index (χ0) is 59.0. The predicted molar refractivity (Wildman–Crippen MR) is 285 cm³/mol. The van der Waals surface area contributed by atoms with Gasteiger partial charge in [0.25, 0.3) is 11.5 Å². The third-order valence-electron chi connectivity index (χ3n) is 12.1. The highest BCUT2D eigenvalue weighted by Crippen LogP contribution is 2.66. The molecule has 0 spiro atoms. The quantitative estimate of drug-likeness (QED) is 0.00490. The van der Waals surface area contributed by atoms with Crippen molar-refractivity contribution < 1.29 is 89.3 Å².